The van der Waals surface area contributed by atoms with Crippen molar-refractivity contribution in [1.29, 1.82) is 0 Å². The number of hydrogen-bond donors (Lipinski definition) is 3. The molecule has 3 saturated carbocycles. The van der Waals surface area contributed by atoms with Crippen molar-refractivity contribution in [2.75, 3.05) is 0 Å². The van der Waals surface area contributed by atoms with Crippen LogP contribution in [0.2, 0.25) is 0 Å². The molecule has 4 aliphatic rings. The van der Waals surface area contributed by atoms with E-state index in [4.69, 9.17) is 0 Å². The average Bonchev–Trinajstić information content (AvgIpc) is 3.05. The van der Waals surface area contributed by atoms with Gasteiger partial charge in [-0.05, 0) is 75.1 Å². The number of hydrogen-bond acceptors (Lipinski definition) is 5. The number of carbonyl (C=O) groups is 2. The molecule has 4 aliphatic carbocycles. The molecule has 8 atom stereocenters. The molecule has 0 spiro atoms. The lowest BCUT2D eigenvalue weighted by Crippen LogP contribution is -2.63. The largest absolute Gasteiger partial charge is 0.393 e. The Morgan fingerprint density at radius 2 is 1.88 bits per heavy atom. The summed E-state index contributed by atoms with van der Waals surface area (Å²) in [6.45, 7) is 5.94. The Morgan fingerprint density at radius 1 is 1.18 bits per heavy atom. The van der Waals surface area contributed by atoms with Gasteiger partial charge < -0.3 is 10.2 Å². The molecule has 1 amide bonds. The normalized spacial score (nSPS) is 41.7. The Bertz CT molecular complexity index is 1130. The van der Waals surface area contributed by atoms with Gasteiger partial charge in [-0.3, -0.25) is 14.3 Å². The molecule has 0 bridgehead atoms. The number of aryl methyl sites for hydroxylation is 1. The van der Waals surface area contributed by atoms with Crippen LogP contribution < -0.4 is 4.72 Å². The maximum absolute atomic E-state index is 13.4. The van der Waals surface area contributed by atoms with Crippen molar-refractivity contribution in [2.24, 2.45) is 28.6 Å². The smallest absolute Gasteiger partial charge is 0.264 e. The van der Waals surface area contributed by atoms with Crippen molar-refractivity contribution in [3.63, 3.8) is 0 Å². The van der Waals surface area contributed by atoms with E-state index in [9.17, 15) is 24.0 Å². The first kappa shape index (κ1) is 23.6. The van der Waals surface area contributed by atoms with E-state index < -0.39 is 39.4 Å². The lowest BCUT2D eigenvalue weighted by Gasteiger charge is -2.59. The van der Waals surface area contributed by atoms with E-state index in [2.05, 4.69) is 11.6 Å². The summed E-state index contributed by atoms with van der Waals surface area (Å²) in [7, 11) is -1.78. The van der Waals surface area contributed by atoms with Gasteiger partial charge >= 0.3 is 0 Å². The van der Waals surface area contributed by atoms with E-state index in [1.165, 1.54) is 0 Å². The van der Waals surface area contributed by atoms with Gasteiger partial charge in [-0.15, -0.1) is 0 Å². The van der Waals surface area contributed by atoms with Crippen molar-refractivity contribution in [3.05, 3.63) is 53.6 Å². The molecule has 0 saturated heterocycles. The van der Waals surface area contributed by atoms with Crippen LogP contribution in [0.4, 0.5) is 0 Å². The standard InChI is InChI=1S/C27H33NO5S/c1-16-4-7-19(8-5-16)34(33)28-24(31)27(32)13-11-21-20-9-6-17-14-18(29)10-12-25(17,2)23(20)22(30)15-26(21,27)3/h4-5,7-8,10,12,14,20-23,30,32H,6,9,11,13,15H2,1-3H3,(H,28,31)/t20?,21?,22?,23?,25?,26?,27-,34?/m0/s1. The molecule has 6 nitrogen and oxygen atoms in total. The van der Waals surface area contributed by atoms with Crippen LogP contribution in [-0.2, 0) is 20.6 Å². The summed E-state index contributed by atoms with van der Waals surface area (Å²) < 4.78 is 15.4. The molecular weight excluding hydrogens is 450 g/mol. The number of rotatable bonds is 3. The highest BCUT2D eigenvalue weighted by Crippen LogP contribution is 2.66. The van der Waals surface area contributed by atoms with Crippen molar-refractivity contribution >= 4 is 22.7 Å². The van der Waals surface area contributed by atoms with Crippen molar-refractivity contribution in [3.8, 4) is 0 Å². The SMILES string of the molecule is Cc1ccc(S(=O)NC(=O)[C@@]2(O)CCC3C4CCC5=CC(=O)C=CC5(C)C4C(O)CC32C)cc1. The first-order valence-electron chi connectivity index (χ1n) is 12.1. The van der Waals surface area contributed by atoms with Crippen LogP contribution in [0.3, 0.4) is 0 Å². The van der Waals surface area contributed by atoms with E-state index in [1.54, 1.807) is 24.3 Å². The van der Waals surface area contributed by atoms with Gasteiger partial charge in [0.05, 0.1) is 11.0 Å². The third-order valence-electron chi connectivity index (χ3n) is 9.44. The van der Waals surface area contributed by atoms with Crippen LogP contribution in [0, 0.1) is 35.5 Å². The van der Waals surface area contributed by atoms with E-state index in [1.807, 2.05) is 32.1 Å². The molecule has 3 N–H and O–H groups in total. The molecule has 182 valence electrons. The maximum Gasteiger partial charge on any atom is 0.264 e. The molecule has 3 fully saturated rings. The minimum Gasteiger partial charge on any atom is -0.393 e. The van der Waals surface area contributed by atoms with E-state index in [0.717, 1.165) is 24.0 Å². The molecule has 0 aliphatic heterocycles. The van der Waals surface area contributed by atoms with Crippen LogP contribution >= 0.6 is 0 Å². The number of amides is 1. The number of allylic oxidation sites excluding steroid dienone is 4. The van der Waals surface area contributed by atoms with Crippen LogP contribution in [-0.4, -0.2) is 37.8 Å². The Labute approximate surface area is 203 Å². The fraction of sp³-hybridized carbons (Fsp3) is 0.556. The lowest BCUT2D eigenvalue weighted by molar-refractivity contribution is -0.176. The van der Waals surface area contributed by atoms with Gasteiger partial charge in [0, 0.05) is 16.7 Å². The van der Waals surface area contributed by atoms with Gasteiger partial charge in [-0.1, -0.05) is 43.2 Å². The monoisotopic (exact) mass is 483 g/mol. The minimum absolute atomic E-state index is 0.00504. The predicted molar refractivity (Wildman–Crippen MR) is 129 cm³/mol. The number of fused-ring (bicyclic) bond motifs is 5. The van der Waals surface area contributed by atoms with Gasteiger partial charge in [0.1, 0.15) is 5.60 Å². The van der Waals surface area contributed by atoms with E-state index in [0.29, 0.717) is 11.3 Å². The maximum atomic E-state index is 13.4. The summed E-state index contributed by atoms with van der Waals surface area (Å²) >= 11 is 0. The van der Waals surface area contributed by atoms with Gasteiger partial charge in [0.15, 0.2) is 16.8 Å². The van der Waals surface area contributed by atoms with E-state index >= 15 is 0 Å². The molecule has 7 heteroatoms. The topological polar surface area (TPSA) is 104 Å². The number of nitrogens with one attached hydrogen (secondary N) is 1. The van der Waals surface area contributed by atoms with Gasteiger partial charge in [0.25, 0.3) is 5.91 Å². The molecule has 0 radical (unpaired) electrons. The second kappa shape index (κ2) is 7.97. The Hall–Kier alpha value is -2.09. The van der Waals surface area contributed by atoms with Crippen LogP contribution in [0.1, 0.15) is 51.5 Å². The zero-order valence-electron chi connectivity index (χ0n) is 19.9. The highest BCUT2D eigenvalue weighted by atomic mass is 32.2. The highest BCUT2D eigenvalue weighted by molar-refractivity contribution is 7.83. The Balaban J connectivity index is 1.42. The van der Waals surface area contributed by atoms with Crippen LogP contribution in [0.25, 0.3) is 0 Å². The summed E-state index contributed by atoms with van der Waals surface area (Å²) in [5.74, 6) is -0.531. The summed E-state index contributed by atoms with van der Waals surface area (Å²) in [6.07, 6.45) is 7.36. The minimum atomic E-state index is -1.78. The third-order valence-corrected chi connectivity index (χ3v) is 10.5. The van der Waals surface area contributed by atoms with Crippen molar-refractivity contribution < 1.29 is 24.0 Å². The number of carbonyl (C=O) groups excluding carboxylic acids is 2. The molecule has 1 aromatic carbocycles. The second-order valence-corrected chi connectivity index (χ2v) is 12.3. The third kappa shape index (κ3) is 3.31. The van der Waals surface area contributed by atoms with E-state index in [-0.39, 0.29) is 36.4 Å². The molecule has 0 aromatic heterocycles. The summed E-state index contributed by atoms with van der Waals surface area (Å²) in [5.41, 5.74) is -0.837. The molecule has 1 aromatic rings. The number of aliphatic hydroxyl groups is 2. The Morgan fingerprint density at radius 3 is 2.59 bits per heavy atom. The first-order valence-corrected chi connectivity index (χ1v) is 13.3. The van der Waals surface area contributed by atoms with Gasteiger partial charge in [-0.2, -0.15) is 0 Å². The van der Waals surface area contributed by atoms with Crippen LogP contribution in [0.15, 0.2) is 53.0 Å². The lowest BCUT2D eigenvalue weighted by atomic mass is 9.46. The second-order valence-electron chi connectivity index (χ2n) is 11.1. The first-order chi connectivity index (χ1) is 16.0. The molecule has 34 heavy (non-hydrogen) atoms. The zero-order valence-corrected chi connectivity index (χ0v) is 20.7. The summed E-state index contributed by atoms with van der Waals surface area (Å²) in [6, 6.07) is 7.08. The quantitative estimate of drug-likeness (QED) is 0.613. The molecule has 5 rings (SSSR count). The number of aliphatic hydroxyl groups excluding tert-OH is 1. The summed E-state index contributed by atoms with van der Waals surface area (Å²) in [5, 5.41) is 23.2. The van der Waals surface area contributed by atoms with Gasteiger partial charge in [0.2, 0.25) is 0 Å². The zero-order chi connectivity index (χ0) is 24.5. The Kier molecular flexibility index (Phi) is 5.54. The fourth-order valence-electron chi connectivity index (χ4n) is 7.59. The van der Waals surface area contributed by atoms with Crippen LogP contribution in [0.5, 0.6) is 0 Å². The highest BCUT2D eigenvalue weighted by Gasteiger charge is 2.68. The summed E-state index contributed by atoms with van der Waals surface area (Å²) in [4.78, 5) is 25.8. The average molecular weight is 484 g/mol. The number of ketones is 1. The van der Waals surface area contributed by atoms with Crippen molar-refractivity contribution in [1.82, 2.24) is 4.72 Å². The molecule has 0 heterocycles. The van der Waals surface area contributed by atoms with Crippen molar-refractivity contribution in [2.45, 2.75) is 69.5 Å². The molecule has 7 unspecified atom stereocenters. The predicted octanol–water partition coefficient (Wildman–Crippen LogP) is 3.14. The fourth-order valence-corrected chi connectivity index (χ4v) is 8.43. The number of benzene rings is 1. The van der Waals surface area contributed by atoms with Gasteiger partial charge in [-0.25, -0.2) is 4.21 Å². The molecular formula is C27H33NO5S.